The Morgan fingerprint density at radius 1 is 1.15 bits per heavy atom. The molecule has 100 valence electrons. The maximum atomic E-state index is 5.38. The van der Waals surface area contributed by atoms with Crippen molar-refractivity contribution in [1.29, 1.82) is 0 Å². The van der Waals surface area contributed by atoms with E-state index < -0.39 is 0 Å². The Balaban J connectivity index is 1.53. The number of fused-ring (bicyclic) bond motifs is 2. The van der Waals surface area contributed by atoms with Crippen molar-refractivity contribution in [2.24, 2.45) is 0 Å². The Morgan fingerprint density at radius 2 is 2.10 bits per heavy atom. The highest BCUT2D eigenvalue weighted by Gasteiger charge is 2.14. The number of hydrogen-bond donors (Lipinski definition) is 1. The van der Waals surface area contributed by atoms with Crippen LogP contribution >= 0.6 is 0 Å². The van der Waals surface area contributed by atoms with E-state index in [-0.39, 0.29) is 0 Å². The number of ether oxygens (including phenoxy) is 2. The van der Waals surface area contributed by atoms with Crippen LogP contribution in [0.1, 0.15) is 16.8 Å². The third-order valence-corrected chi connectivity index (χ3v) is 3.47. The number of rotatable bonds is 3. The van der Waals surface area contributed by atoms with E-state index in [4.69, 9.17) is 9.47 Å². The maximum Gasteiger partial charge on any atom is 0.231 e. The van der Waals surface area contributed by atoms with Gasteiger partial charge in [0.05, 0.1) is 5.69 Å². The lowest BCUT2D eigenvalue weighted by Crippen LogP contribution is -2.05. The molecule has 0 saturated carbocycles. The molecule has 0 amide bonds. The van der Waals surface area contributed by atoms with E-state index in [0.717, 1.165) is 40.6 Å². The molecule has 1 aromatic heterocycles. The molecule has 1 aliphatic heterocycles. The van der Waals surface area contributed by atoms with Gasteiger partial charge in [0.25, 0.3) is 0 Å². The van der Waals surface area contributed by atoms with E-state index in [1.54, 1.807) is 6.33 Å². The number of benzene rings is 1. The van der Waals surface area contributed by atoms with Crippen LogP contribution in [0.25, 0.3) is 6.08 Å². The van der Waals surface area contributed by atoms with Crippen molar-refractivity contribution in [3.63, 3.8) is 0 Å². The first-order valence-electron chi connectivity index (χ1n) is 6.53. The molecule has 2 aliphatic rings. The predicted octanol–water partition coefficient (Wildman–Crippen LogP) is 2.39. The van der Waals surface area contributed by atoms with Crippen LogP contribution in [0.3, 0.4) is 0 Å². The topological polar surface area (TPSA) is 56.3 Å². The standard InChI is InChI=1S/C15H13N3O2/c1-2-11-12(3-1)17-8-18-15(11)16-7-10-4-5-13-14(6-10)20-9-19-13/h1,3-6,8H,2,7,9H2,(H,16,17,18). The molecule has 2 aromatic rings. The molecule has 0 unspecified atom stereocenters. The van der Waals surface area contributed by atoms with Crippen LogP contribution in [0.15, 0.2) is 30.6 Å². The maximum absolute atomic E-state index is 5.38. The third-order valence-electron chi connectivity index (χ3n) is 3.47. The van der Waals surface area contributed by atoms with E-state index in [1.165, 1.54) is 0 Å². The summed E-state index contributed by atoms with van der Waals surface area (Å²) in [6.45, 7) is 0.997. The summed E-state index contributed by atoms with van der Waals surface area (Å²) < 4.78 is 10.7. The fourth-order valence-corrected chi connectivity index (χ4v) is 2.45. The van der Waals surface area contributed by atoms with Crippen LogP contribution in [0.2, 0.25) is 0 Å². The average Bonchev–Trinajstić information content (AvgIpc) is 3.13. The fraction of sp³-hybridized carbons (Fsp3) is 0.200. The second-order valence-corrected chi connectivity index (χ2v) is 4.73. The molecule has 20 heavy (non-hydrogen) atoms. The molecular formula is C15H13N3O2. The van der Waals surface area contributed by atoms with E-state index in [1.807, 2.05) is 24.3 Å². The average molecular weight is 267 g/mol. The summed E-state index contributed by atoms with van der Waals surface area (Å²) in [6, 6.07) is 5.96. The zero-order chi connectivity index (χ0) is 13.4. The number of nitrogens with zero attached hydrogens (tertiary/aromatic N) is 2. The highest BCUT2D eigenvalue weighted by Crippen LogP contribution is 2.32. The lowest BCUT2D eigenvalue weighted by atomic mass is 10.2. The normalized spacial score (nSPS) is 14.4. The van der Waals surface area contributed by atoms with Gasteiger partial charge in [-0.3, -0.25) is 0 Å². The van der Waals surface area contributed by atoms with Gasteiger partial charge in [-0.2, -0.15) is 0 Å². The first kappa shape index (κ1) is 11.3. The smallest absolute Gasteiger partial charge is 0.231 e. The Kier molecular flexibility index (Phi) is 2.55. The fourth-order valence-electron chi connectivity index (χ4n) is 2.45. The van der Waals surface area contributed by atoms with Gasteiger partial charge in [0.1, 0.15) is 12.1 Å². The molecular weight excluding hydrogens is 254 g/mol. The van der Waals surface area contributed by atoms with Gasteiger partial charge in [-0.15, -0.1) is 0 Å². The SMILES string of the molecule is C1=Cc2ncnc(NCc3ccc4c(c3)OCO4)c2C1. The minimum absolute atomic E-state index is 0.303. The van der Waals surface area contributed by atoms with Crippen LogP contribution < -0.4 is 14.8 Å². The molecule has 1 aromatic carbocycles. The summed E-state index contributed by atoms with van der Waals surface area (Å²) in [7, 11) is 0. The second-order valence-electron chi connectivity index (χ2n) is 4.73. The van der Waals surface area contributed by atoms with Gasteiger partial charge in [0, 0.05) is 12.1 Å². The van der Waals surface area contributed by atoms with Crippen LogP contribution in [-0.2, 0) is 13.0 Å². The zero-order valence-electron chi connectivity index (χ0n) is 10.8. The minimum atomic E-state index is 0.303. The molecule has 0 bridgehead atoms. The summed E-state index contributed by atoms with van der Waals surface area (Å²) in [5.41, 5.74) is 3.30. The van der Waals surface area contributed by atoms with Crippen molar-refractivity contribution in [3.05, 3.63) is 47.4 Å². The van der Waals surface area contributed by atoms with Gasteiger partial charge >= 0.3 is 0 Å². The highest BCUT2D eigenvalue weighted by atomic mass is 16.7. The minimum Gasteiger partial charge on any atom is -0.454 e. The van der Waals surface area contributed by atoms with Crippen molar-refractivity contribution in [2.75, 3.05) is 12.1 Å². The monoisotopic (exact) mass is 267 g/mol. The second kappa shape index (κ2) is 4.52. The van der Waals surface area contributed by atoms with Crippen molar-refractivity contribution in [3.8, 4) is 11.5 Å². The largest absolute Gasteiger partial charge is 0.454 e. The quantitative estimate of drug-likeness (QED) is 0.925. The number of anilines is 1. The van der Waals surface area contributed by atoms with Gasteiger partial charge in [-0.05, 0) is 30.2 Å². The number of allylic oxidation sites excluding steroid dienone is 1. The summed E-state index contributed by atoms with van der Waals surface area (Å²) in [5, 5.41) is 3.36. The van der Waals surface area contributed by atoms with E-state index in [9.17, 15) is 0 Å². The Labute approximate surface area is 116 Å². The molecule has 0 spiro atoms. The zero-order valence-corrected chi connectivity index (χ0v) is 10.8. The number of nitrogens with one attached hydrogen (secondary N) is 1. The summed E-state index contributed by atoms with van der Waals surface area (Å²) >= 11 is 0. The predicted molar refractivity (Wildman–Crippen MR) is 74.7 cm³/mol. The van der Waals surface area contributed by atoms with Crippen LogP contribution in [0, 0.1) is 0 Å². The number of hydrogen-bond acceptors (Lipinski definition) is 5. The Bertz CT molecular complexity index is 698. The lowest BCUT2D eigenvalue weighted by molar-refractivity contribution is 0.174. The van der Waals surface area contributed by atoms with Gasteiger partial charge in [-0.1, -0.05) is 12.1 Å². The lowest BCUT2D eigenvalue weighted by Gasteiger charge is -2.10. The molecule has 5 heteroatoms. The first-order chi connectivity index (χ1) is 9.90. The van der Waals surface area contributed by atoms with Crippen molar-refractivity contribution in [1.82, 2.24) is 9.97 Å². The molecule has 0 atom stereocenters. The molecule has 4 rings (SSSR count). The molecule has 1 N–H and O–H groups in total. The molecule has 0 radical (unpaired) electrons. The van der Waals surface area contributed by atoms with E-state index >= 15 is 0 Å². The summed E-state index contributed by atoms with van der Waals surface area (Å²) in [5.74, 6) is 2.51. The first-order valence-corrected chi connectivity index (χ1v) is 6.53. The van der Waals surface area contributed by atoms with E-state index in [0.29, 0.717) is 13.3 Å². The highest BCUT2D eigenvalue weighted by molar-refractivity contribution is 5.63. The summed E-state index contributed by atoms with van der Waals surface area (Å²) in [6.07, 6.45) is 6.62. The Morgan fingerprint density at radius 3 is 3.10 bits per heavy atom. The van der Waals surface area contributed by atoms with Crippen LogP contribution in [-0.4, -0.2) is 16.8 Å². The molecule has 0 fully saturated rings. The van der Waals surface area contributed by atoms with Crippen molar-refractivity contribution >= 4 is 11.9 Å². The third kappa shape index (κ3) is 1.87. The Hall–Kier alpha value is -2.56. The van der Waals surface area contributed by atoms with Crippen molar-refractivity contribution < 1.29 is 9.47 Å². The number of aromatic nitrogens is 2. The van der Waals surface area contributed by atoms with Crippen LogP contribution in [0.5, 0.6) is 11.5 Å². The van der Waals surface area contributed by atoms with Gasteiger partial charge in [0.15, 0.2) is 11.5 Å². The van der Waals surface area contributed by atoms with Crippen LogP contribution in [0.4, 0.5) is 5.82 Å². The summed E-state index contributed by atoms with van der Waals surface area (Å²) in [4.78, 5) is 8.57. The molecule has 1 aliphatic carbocycles. The molecule has 0 saturated heterocycles. The van der Waals surface area contributed by atoms with Gasteiger partial charge < -0.3 is 14.8 Å². The van der Waals surface area contributed by atoms with E-state index in [2.05, 4.69) is 21.4 Å². The van der Waals surface area contributed by atoms with Gasteiger partial charge in [0.2, 0.25) is 6.79 Å². The molecule has 5 nitrogen and oxygen atoms in total. The molecule has 2 heterocycles. The van der Waals surface area contributed by atoms with Crippen molar-refractivity contribution in [2.45, 2.75) is 13.0 Å². The van der Waals surface area contributed by atoms with Gasteiger partial charge in [-0.25, -0.2) is 9.97 Å².